The Hall–Kier alpha value is -0.730. The third-order valence-corrected chi connectivity index (χ3v) is 7.42. The Balaban J connectivity index is 1.44. The van der Waals surface area contributed by atoms with Gasteiger partial charge in [0.2, 0.25) is 10.0 Å². The minimum atomic E-state index is -3.42. The molecule has 1 N–H and O–H groups in total. The molecule has 1 aromatic carbocycles. The van der Waals surface area contributed by atoms with Gasteiger partial charge in [-0.05, 0) is 67.6 Å². The van der Waals surface area contributed by atoms with Crippen molar-refractivity contribution < 1.29 is 8.42 Å². The minimum Gasteiger partial charge on any atom is -0.302 e. The fourth-order valence-corrected chi connectivity index (χ4v) is 5.18. The number of thiophene rings is 1. The lowest BCUT2D eigenvalue weighted by atomic mass is 9.95. The first kappa shape index (κ1) is 18.1. The van der Waals surface area contributed by atoms with Crippen LogP contribution in [-0.4, -0.2) is 39.5 Å². The summed E-state index contributed by atoms with van der Waals surface area (Å²) in [4.78, 5) is 4.13. The van der Waals surface area contributed by atoms with Gasteiger partial charge in [-0.15, -0.1) is 11.3 Å². The molecule has 0 unspecified atom stereocenters. The first-order valence-corrected chi connectivity index (χ1v) is 11.2. The Bertz CT molecular complexity index is 737. The van der Waals surface area contributed by atoms with Crippen molar-refractivity contribution in [3.05, 3.63) is 51.1 Å². The van der Waals surface area contributed by atoms with Gasteiger partial charge in [0, 0.05) is 22.4 Å². The predicted octanol–water partition coefficient (Wildman–Crippen LogP) is 3.67. The molecule has 1 aromatic heterocycles. The summed E-state index contributed by atoms with van der Waals surface area (Å²) in [6.45, 7) is 3.26. The molecule has 1 fully saturated rings. The van der Waals surface area contributed by atoms with Gasteiger partial charge in [0.1, 0.15) is 0 Å². The molecule has 1 aliphatic heterocycles. The molecule has 0 atom stereocenters. The van der Waals surface area contributed by atoms with Gasteiger partial charge in [0.15, 0.2) is 0 Å². The van der Waals surface area contributed by atoms with E-state index in [4.69, 9.17) is 0 Å². The summed E-state index contributed by atoms with van der Waals surface area (Å²) >= 11 is 5.15. The number of nitrogens with one attached hydrogen (secondary N) is 1. The summed E-state index contributed by atoms with van der Waals surface area (Å²) in [6, 6.07) is 11.0. The van der Waals surface area contributed by atoms with Crippen LogP contribution in [0, 0.1) is 0 Å². The summed E-state index contributed by atoms with van der Waals surface area (Å²) in [6.07, 6.45) is 2.31. The molecule has 24 heavy (non-hydrogen) atoms. The number of likely N-dealkylation sites (tertiary alicyclic amines) is 1. The lowest BCUT2D eigenvalue weighted by molar-refractivity contribution is 0.217. The molecule has 0 radical (unpaired) electrons. The molecule has 1 aliphatic rings. The predicted molar refractivity (Wildman–Crippen MR) is 102 cm³/mol. The molecule has 7 heteroatoms. The van der Waals surface area contributed by atoms with Crippen molar-refractivity contribution >= 4 is 37.3 Å². The Labute approximate surface area is 156 Å². The van der Waals surface area contributed by atoms with Crippen LogP contribution in [0.15, 0.2) is 51.1 Å². The van der Waals surface area contributed by atoms with E-state index >= 15 is 0 Å². The third-order valence-electron chi connectivity index (χ3n) is 4.38. The lowest BCUT2D eigenvalue weighted by Crippen LogP contribution is -2.39. The van der Waals surface area contributed by atoms with Crippen molar-refractivity contribution in [3.8, 4) is 0 Å². The van der Waals surface area contributed by atoms with Crippen molar-refractivity contribution in [1.82, 2.24) is 9.62 Å². The van der Waals surface area contributed by atoms with Crippen LogP contribution >= 0.6 is 27.3 Å². The lowest BCUT2D eigenvalue weighted by Gasteiger charge is -2.31. The van der Waals surface area contributed by atoms with Crippen LogP contribution in [0.5, 0.6) is 0 Å². The zero-order chi connectivity index (χ0) is 17.0. The van der Waals surface area contributed by atoms with Crippen molar-refractivity contribution in [3.63, 3.8) is 0 Å². The van der Waals surface area contributed by atoms with Gasteiger partial charge in [0.25, 0.3) is 0 Å². The zero-order valence-corrected chi connectivity index (χ0v) is 16.5. The number of hydrogen-bond acceptors (Lipinski definition) is 4. The molecule has 0 spiro atoms. The van der Waals surface area contributed by atoms with E-state index in [-0.39, 0.29) is 0 Å². The number of rotatable bonds is 6. The van der Waals surface area contributed by atoms with E-state index < -0.39 is 10.0 Å². The average Bonchev–Trinajstić information content (AvgIpc) is 3.10. The smallest absolute Gasteiger partial charge is 0.240 e. The molecule has 0 saturated carbocycles. The van der Waals surface area contributed by atoms with Crippen LogP contribution in [0.1, 0.15) is 23.6 Å². The van der Waals surface area contributed by atoms with E-state index in [0.29, 0.717) is 17.4 Å². The van der Waals surface area contributed by atoms with Crippen LogP contribution in [0.3, 0.4) is 0 Å². The van der Waals surface area contributed by atoms with E-state index in [1.54, 1.807) is 24.3 Å². The average molecular weight is 429 g/mol. The molecule has 4 nitrogen and oxygen atoms in total. The van der Waals surface area contributed by atoms with Crippen LogP contribution in [0.4, 0.5) is 0 Å². The van der Waals surface area contributed by atoms with Crippen LogP contribution < -0.4 is 4.72 Å². The highest BCUT2D eigenvalue weighted by Crippen LogP contribution is 2.30. The van der Waals surface area contributed by atoms with Gasteiger partial charge in [-0.3, -0.25) is 0 Å². The van der Waals surface area contributed by atoms with Gasteiger partial charge in [-0.25, -0.2) is 13.1 Å². The van der Waals surface area contributed by atoms with Gasteiger partial charge in [-0.2, -0.15) is 0 Å². The summed E-state index contributed by atoms with van der Waals surface area (Å²) in [5, 5.41) is 2.14. The quantitative estimate of drug-likeness (QED) is 0.763. The van der Waals surface area contributed by atoms with Gasteiger partial charge < -0.3 is 4.90 Å². The topological polar surface area (TPSA) is 49.4 Å². The van der Waals surface area contributed by atoms with Crippen molar-refractivity contribution in [2.24, 2.45) is 0 Å². The van der Waals surface area contributed by atoms with Gasteiger partial charge in [-0.1, -0.05) is 22.0 Å². The maximum atomic E-state index is 12.2. The van der Waals surface area contributed by atoms with E-state index in [1.165, 1.54) is 4.88 Å². The molecular weight excluding hydrogens is 408 g/mol. The number of piperidine rings is 1. The number of nitrogens with zero attached hydrogens (tertiary/aromatic N) is 1. The minimum absolute atomic E-state index is 0.308. The number of hydrogen-bond donors (Lipinski definition) is 1. The molecule has 1 saturated heterocycles. The molecular formula is C17H21BrN2O2S2. The maximum Gasteiger partial charge on any atom is 0.240 e. The molecule has 130 valence electrons. The molecule has 3 rings (SSSR count). The fourth-order valence-electron chi connectivity index (χ4n) is 3.00. The van der Waals surface area contributed by atoms with E-state index in [9.17, 15) is 8.42 Å². The highest BCUT2D eigenvalue weighted by atomic mass is 79.9. The van der Waals surface area contributed by atoms with Gasteiger partial charge in [0.05, 0.1) is 4.90 Å². The zero-order valence-electron chi connectivity index (χ0n) is 13.3. The van der Waals surface area contributed by atoms with E-state index in [0.717, 1.165) is 36.9 Å². The molecule has 2 heterocycles. The Morgan fingerprint density at radius 1 is 1.17 bits per heavy atom. The second kappa shape index (κ2) is 8.10. The first-order valence-electron chi connectivity index (χ1n) is 8.05. The van der Waals surface area contributed by atoms with Crippen molar-refractivity contribution in [1.29, 1.82) is 0 Å². The van der Waals surface area contributed by atoms with Crippen LogP contribution in [-0.2, 0) is 10.0 Å². The van der Waals surface area contributed by atoms with Crippen LogP contribution in [0.25, 0.3) is 0 Å². The molecule has 0 amide bonds. The monoisotopic (exact) mass is 428 g/mol. The largest absolute Gasteiger partial charge is 0.302 e. The summed E-state index contributed by atoms with van der Waals surface area (Å²) in [7, 11) is -3.42. The molecule has 2 aromatic rings. The first-order chi connectivity index (χ1) is 11.5. The Morgan fingerprint density at radius 2 is 1.88 bits per heavy atom. The van der Waals surface area contributed by atoms with E-state index in [1.807, 2.05) is 11.3 Å². The normalized spacial score (nSPS) is 17.2. The van der Waals surface area contributed by atoms with Crippen molar-refractivity contribution in [2.45, 2.75) is 23.7 Å². The Morgan fingerprint density at radius 3 is 2.50 bits per heavy atom. The highest BCUT2D eigenvalue weighted by Gasteiger charge is 2.21. The maximum absolute atomic E-state index is 12.2. The standard InChI is InChI=1S/C17H21BrN2O2S2/c18-15-3-5-16(6-4-15)24(21,22)19-9-12-20-10-7-14(8-11-20)17-2-1-13-23-17/h1-6,13-14,19H,7-12H2. The summed E-state index contributed by atoms with van der Waals surface area (Å²) < 4.78 is 28.1. The number of sulfonamides is 1. The Kier molecular flexibility index (Phi) is 6.10. The van der Waals surface area contributed by atoms with Crippen LogP contribution in [0.2, 0.25) is 0 Å². The molecule has 0 bridgehead atoms. The third kappa shape index (κ3) is 4.67. The SMILES string of the molecule is O=S(=O)(NCCN1CCC(c2cccs2)CC1)c1ccc(Br)cc1. The summed E-state index contributed by atoms with van der Waals surface area (Å²) in [5.74, 6) is 0.667. The van der Waals surface area contributed by atoms with E-state index in [2.05, 4.69) is 43.1 Å². The number of benzene rings is 1. The van der Waals surface area contributed by atoms with Gasteiger partial charge >= 0.3 is 0 Å². The highest BCUT2D eigenvalue weighted by molar-refractivity contribution is 9.10. The van der Waals surface area contributed by atoms with Crippen molar-refractivity contribution in [2.75, 3.05) is 26.2 Å². The summed E-state index contributed by atoms with van der Waals surface area (Å²) in [5.41, 5.74) is 0. The second-order valence-electron chi connectivity index (χ2n) is 5.98. The second-order valence-corrected chi connectivity index (χ2v) is 9.64. The fraction of sp³-hybridized carbons (Fsp3) is 0.412. The molecule has 0 aliphatic carbocycles. The number of halogens is 1.